The highest BCUT2D eigenvalue weighted by Gasteiger charge is 2.39. The van der Waals surface area contributed by atoms with Crippen LogP contribution in [-0.2, 0) is 21.9 Å². The number of amides is 2. The van der Waals surface area contributed by atoms with Crippen LogP contribution in [0.3, 0.4) is 0 Å². The van der Waals surface area contributed by atoms with E-state index in [9.17, 15) is 35.9 Å². The molecule has 2 aliphatic rings. The number of nitrogens with two attached hydrogens (primary N) is 1. The maximum Gasteiger partial charge on any atom is 0.416 e. The van der Waals surface area contributed by atoms with Crippen molar-refractivity contribution in [3.8, 4) is 0 Å². The molecule has 11 heteroatoms. The summed E-state index contributed by atoms with van der Waals surface area (Å²) in [4.78, 5) is 26.3. The lowest BCUT2D eigenvalue weighted by Gasteiger charge is -2.42. The van der Waals surface area contributed by atoms with Gasteiger partial charge in [0.1, 0.15) is 0 Å². The van der Waals surface area contributed by atoms with Crippen molar-refractivity contribution < 1.29 is 35.9 Å². The predicted octanol–water partition coefficient (Wildman–Crippen LogP) is 5.05. The van der Waals surface area contributed by atoms with E-state index in [4.69, 9.17) is 5.73 Å². The number of halogens is 6. The topological polar surface area (TPSA) is 75.4 Å². The summed E-state index contributed by atoms with van der Waals surface area (Å²) in [5.41, 5.74) is 2.44. The van der Waals surface area contributed by atoms with E-state index in [1.165, 1.54) is 0 Å². The Kier molecular flexibility index (Phi) is 8.78. The smallest absolute Gasteiger partial charge is 0.342 e. The summed E-state index contributed by atoms with van der Waals surface area (Å²) in [6, 6.07) is 0.746. The Bertz CT molecular complexity index is 802. The first kappa shape index (κ1) is 26.9. The van der Waals surface area contributed by atoms with Gasteiger partial charge < -0.3 is 16.0 Å². The van der Waals surface area contributed by atoms with Crippen molar-refractivity contribution in [3.63, 3.8) is 0 Å². The Morgan fingerprint density at radius 3 is 1.97 bits per heavy atom. The van der Waals surface area contributed by atoms with Crippen LogP contribution in [0, 0.1) is 11.8 Å². The molecule has 0 bridgehead atoms. The van der Waals surface area contributed by atoms with E-state index in [2.05, 4.69) is 5.32 Å². The number of rotatable bonds is 4. The molecule has 33 heavy (non-hydrogen) atoms. The van der Waals surface area contributed by atoms with Crippen LogP contribution in [-0.4, -0.2) is 35.8 Å². The summed E-state index contributed by atoms with van der Waals surface area (Å²) in [5, 5.41) is 2.12. The maximum absolute atomic E-state index is 12.9. The fourth-order valence-electron chi connectivity index (χ4n) is 4.08. The van der Waals surface area contributed by atoms with Gasteiger partial charge in [0.25, 0.3) is 0 Å². The lowest BCUT2D eigenvalue weighted by molar-refractivity contribution is -0.145. The molecule has 1 saturated carbocycles. The van der Waals surface area contributed by atoms with Crippen LogP contribution in [0.5, 0.6) is 0 Å². The van der Waals surface area contributed by atoms with Crippen LogP contribution in [0.25, 0.3) is 0 Å². The molecule has 1 heterocycles. The van der Waals surface area contributed by atoms with Crippen LogP contribution in [0.2, 0.25) is 0 Å². The second-order valence-electron chi connectivity index (χ2n) is 8.21. The lowest BCUT2D eigenvalue weighted by Crippen LogP contribution is -2.55. The van der Waals surface area contributed by atoms with E-state index in [0.29, 0.717) is 25.2 Å². The Morgan fingerprint density at radius 1 is 0.970 bits per heavy atom. The summed E-state index contributed by atoms with van der Waals surface area (Å²) in [7, 11) is 0. The van der Waals surface area contributed by atoms with Crippen molar-refractivity contribution in [2.24, 2.45) is 17.6 Å². The Balaban J connectivity index is 0.00000187. The quantitative estimate of drug-likeness (QED) is 0.591. The predicted molar refractivity (Wildman–Crippen MR) is 111 cm³/mol. The molecule has 5 nitrogen and oxygen atoms in total. The SMILES string of the molecule is CC.N[C@H]1CCCC[C@H]1C(=O)N1CC(CC(=O)Nc2cc(C(F)(F)F)cc(C(F)(F)F)c2)C1. The number of hydrogen-bond acceptors (Lipinski definition) is 3. The minimum Gasteiger partial charge on any atom is -0.342 e. The Labute approximate surface area is 188 Å². The molecule has 1 aliphatic heterocycles. The summed E-state index contributed by atoms with van der Waals surface area (Å²) in [6.45, 7) is 4.62. The van der Waals surface area contributed by atoms with Crippen molar-refractivity contribution in [2.75, 3.05) is 18.4 Å². The van der Waals surface area contributed by atoms with Crippen molar-refractivity contribution in [1.82, 2.24) is 4.90 Å². The Hall–Kier alpha value is -2.30. The Morgan fingerprint density at radius 2 is 1.48 bits per heavy atom. The van der Waals surface area contributed by atoms with E-state index in [-0.39, 0.29) is 36.3 Å². The number of benzene rings is 1. The van der Waals surface area contributed by atoms with Crippen LogP contribution in [0.15, 0.2) is 18.2 Å². The van der Waals surface area contributed by atoms with Gasteiger partial charge in [-0.25, -0.2) is 0 Å². The van der Waals surface area contributed by atoms with Gasteiger partial charge in [0, 0.05) is 37.2 Å². The molecule has 2 atom stereocenters. The number of hydrogen-bond donors (Lipinski definition) is 2. The fourth-order valence-corrected chi connectivity index (χ4v) is 4.08. The minimum absolute atomic E-state index is 0.00104. The summed E-state index contributed by atoms with van der Waals surface area (Å²) in [5.74, 6) is -1.22. The molecule has 0 aromatic heterocycles. The van der Waals surface area contributed by atoms with Crippen molar-refractivity contribution in [1.29, 1.82) is 0 Å². The zero-order valence-electron chi connectivity index (χ0n) is 18.5. The second kappa shape index (κ2) is 10.8. The summed E-state index contributed by atoms with van der Waals surface area (Å²) < 4.78 is 77.5. The molecule has 3 rings (SSSR count). The van der Waals surface area contributed by atoms with E-state index >= 15 is 0 Å². The molecule has 1 aromatic carbocycles. The highest BCUT2D eigenvalue weighted by molar-refractivity contribution is 5.91. The zero-order chi connectivity index (χ0) is 25.0. The van der Waals surface area contributed by atoms with Gasteiger partial charge in [-0.15, -0.1) is 0 Å². The van der Waals surface area contributed by atoms with Crippen LogP contribution in [0.4, 0.5) is 32.0 Å². The van der Waals surface area contributed by atoms with Crippen molar-refractivity contribution >= 4 is 17.5 Å². The number of carbonyl (C=O) groups excluding carboxylic acids is 2. The molecule has 1 aliphatic carbocycles. The zero-order valence-corrected chi connectivity index (χ0v) is 18.5. The number of anilines is 1. The third-order valence-electron chi connectivity index (χ3n) is 5.75. The van der Waals surface area contributed by atoms with Gasteiger partial charge in [-0.3, -0.25) is 9.59 Å². The molecule has 0 radical (unpaired) electrons. The normalized spacial score (nSPS) is 21.5. The largest absolute Gasteiger partial charge is 0.416 e. The monoisotopic (exact) mass is 481 g/mol. The molecule has 0 spiro atoms. The number of nitrogens with one attached hydrogen (secondary N) is 1. The molecule has 1 aromatic rings. The van der Waals surface area contributed by atoms with E-state index in [1.807, 2.05) is 13.8 Å². The van der Waals surface area contributed by atoms with E-state index < -0.39 is 35.1 Å². The molecule has 2 amide bonds. The van der Waals surface area contributed by atoms with Gasteiger partial charge in [-0.1, -0.05) is 26.7 Å². The number of likely N-dealkylation sites (tertiary alicyclic amines) is 1. The highest BCUT2D eigenvalue weighted by Crippen LogP contribution is 2.37. The van der Waals surface area contributed by atoms with Crippen LogP contribution < -0.4 is 11.1 Å². The molecule has 3 N–H and O–H groups in total. The van der Waals surface area contributed by atoms with E-state index in [1.54, 1.807) is 4.90 Å². The van der Waals surface area contributed by atoms with Gasteiger partial charge in [0.2, 0.25) is 11.8 Å². The van der Waals surface area contributed by atoms with Crippen LogP contribution in [0.1, 0.15) is 57.1 Å². The molecule has 1 saturated heterocycles. The lowest BCUT2D eigenvalue weighted by atomic mass is 9.82. The van der Waals surface area contributed by atoms with Gasteiger partial charge in [0.05, 0.1) is 17.0 Å². The molecule has 186 valence electrons. The number of nitrogens with zero attached hydrogens (tertiary/aromatic N) is 1. The standard InChI is InChI=1S/C20H23F6N3O2.C2H6/c21-19(22,23)12-6-13(20(24,25)26)8-14(7-12)28-17(30)5-11-9-29(10-11)18(31)15-3-1-2-4-16(15)27;1-2/h6-8,11,15-16H,1-5,9-10,27H2,(H,28,30);1-2H3/t15-,16+;/m1./s1. The summed E-state index contributed by atoms with van der Waals surface area (Å²) >= 11 is 0. The van der Waals surface area contributed by atoms with Gasteiger partial charge in [0.15, 0.2) is 0 Å². The molecule has 2 fully saturated rings. The van der Waals surface area contributed by atoms with Gasteiger partial charge >= 0.3 is 12.4 Å². The summed E-state index contributed by atoms with van der Waals surface area (Å²) in [6.07, 6.45) is -6.67. The molecular weight excluding hydrogens is 452 g/mol. The third-order valence-corrected chi connectivity index (χ3v) is 5.75. The van der Waals surface area contributed by atoms with Crippen molar-refractivity contribution in [2.45, 2.75) is 64.3 Å². The molecular formula is C22H29F6N3O2. The average molecular weight is 481 g/mol. The van der Waals surface area contributed by atoms with Crippen molar-refractivity contribution in [3.05, 3.63) is 29.3 Å². The van der Waals surface area contributed by atoms with Gasteiger partial charge in [-0.05, 0) is 31.0 Å². The number of alkyl halides is 6. The average Bonchev–Trinajstić information content (AvgIpc) is 2.70. The second-order valence-corrected chi connectivity index (χ2v) is 8.21. The first-order chi connectivity index (χ1) is 15.3. The molecule has 0 unspecified atom stereocenters. The first-order valence-electron chi connectivity index (χ1n) is 11.0. The minimum atomic E-state index is -4.99. The third kappa shape index (κ3) is 7.09. The highest BCUT2D eigenvalue weighted by atomic mass is 19.4. The fraction of sp³-hybridized carbons (Fsp3) is 0.636. The van der Waals surface area contributed by atoms with Gasteiger partial charge in [-0.2, -0.15) is 26.3 Å². The maximum atomic E-state index is 12.9. The van der Waals surface area contributed by atoms with E-state index in [0.717, 1.165) is 25.7 Å². The van der Waals surface area contributed by atoms with Crippen LogP contribution >= 0.6 is 0 Å². The first-order valence-corrected chi connectivity index (χ1v) is 11.0. The number of carbonyl (C=O) groups is 2.